The molecule has 0 bridgehead atoms. The van der Waals surface area contributed by atoms with Gasteiger partial charge in [0.25, 0.3) is 0 Å². The van der Waals surface area contributed by atoms with Crippen LogP contribution < -0.4 is 10.5 Å². The minimum absolute atomic E-state index is 0.227. The van der Waals surface area contributed by atoms with Crippen molar-refractivity contribution >= 4 is 5.97 Å². The van der Waals surface area contributed by atoms with Gasteiger partial charge in [-0.3, -0.25) is 4.79 Å². The maximum Gasteiger partial charge on any atom is 0.313 e. The first kappa shape index (κ1) is 14.4. The summed E-state index contributed by atoms with van der Waals surface area (Å²) in [6, 6.07) is 3.43. The van der Waals surface area contributed by atoms with E-state index < -0.39 is 23.2 Å². The van der Waals surface area contributed by atoms with Crippen LogP contribution in [-0.4, -0.2) is 20.2 Å². The zero-order valence-electron chi connectivity index (χ0n) is 11.0. The number of nitrogens with two attached hydrogens (primary N) is 1. The smallest absolute Gasteiger partial charge is 0.313 e. The summed E-state index contributed by atoms with van der Waals surface area (Å²) < 4.78 is 23.5. The van der Waals surface area contributed by atoms with Gasteiger partial charge in [-0.25, -0.2) is 4.39 Å². The number of halogens is 1. The molecule has 0 fully saturated rings. The van der Waals surface area contributed by atoms with E-state index in [1.54, 1.807) is 13.8 Å². The van der Waals surface area contributed by atoms with Crippen LogP contribution in [0, 0.1) is 11.2 Å². The van der Waals surface area contributed by atoms with E-state index in [-0.39, 0.29) is 5.56 Å². The van der Waals surface area contributed by atoms with Gasteiger partial charge in [-0.1, -0.05) is 0 Å². The fourth-order valence-corrected chi connectivity index (χ4v) is 1.67. The predicted molar refractivity (Wildman–Crippen MR) is 65.7 cm³/mol. The predicted octanol–water partition coefficient (Wildman–Crippen LogP) is 2.03. The summed E-state index contributed by atoms with van der Waals surface area (Å²) in [5.41, 5.74) is 5.18. The molecule has 1 rings (SSSR count). The monoisotopic (exact) mass is 255 g/mol. The van der Waals surface area contributed by atoms with Crippen LogP contribution in [0.15, 0.2) is 18.2 Å². The normalized spacial score (nSPS) is 13.0. The van der Waals surface area contributed by atoms with E-state index in [9.17, 15) is 9.18 Å². The van der Waals surface area contributed by atoms with Crippen molar-refractivity contribution in [2.75, 3.05) is 14.2 Å². The lowest BCUT2D eigenvalue weighted by Gasteiger charge is -2.29. The lowest BCUT2D eigenvalue weighted by atomic mass is 9.81. The van der Waals surface area contributed by atoms with Crippen LogP contribution in [-0.2, 0) is 9.53 Å². The van der Waals surface area contributed by atoms with Gasteiger partial charge >= 0.3 is 5.97 Å². The third-order valence-electron chi connectivity index (χ3n) is 3.03. The van der Waals surface area contributed by atoms with Crippen LogP contribution in [0.2, 0.25) is 0 Å². The molecular weight excluding hydrogens is 237 g/mol. The number of benzene rings is 1. The number of methoxy groups -OCH3 is 2. The molecule has 0 heterocycles. The molecule has 1 aromatic carbocycles. The van der Waals surface area contributed by atoms with Crippen LogP contribution in [0.5, 0.6) is 5.75 Å². The van der Waals surface area contributed by atoms with Crippen LogP contribution >= 0.6 is 0 Å². The highest BCUT2D eigenvalue weighted by Crippen LogP contribution is 2.35. The molecule has 0 aliphatic carbocycles. The molecule has 1 aromatic rings. The summed E-state index contributed by atoms with van der Waals surface area (Å²) in [7, 11) is 2.76. The van der Waals surface area contributed by atoms with Crippen LogP contribution in [0.1, 0.15) is 25.5 Å². The Morgan fingerprint density at radius 3 is 2.50 bits per heavy atom. The Balaban J connectivity index is 3.17. The minimum atomic E-state index is -1.03. The zero-order chi connectivity index (χ0) is 13.9. The van der Waals surface area contributed by atoms with Gasteiger partial charge in [-0.15, -0.1) is 0 Å². The highest BCUT2D eigenvalue weighted by atomic mass is 19.1. The molecule has 100 valence electrons. The van der Waals surface area contributed by atoms with Gasteiger partial charge in [0.1, 0.15) is 11.6 Å². The highest BCUT2D eigenvalue weighted by molar-refractivity contribution is 5.77. The fourth-order valence-electron chi connectivity index (χ4n) is 1.67. The largest absolute Gasteiger partial charge is 0.497 e. The molecule has 4 nitrogen and oxygen atoms in total. The summed E-state index contributed by atoms with van der Waals surface area (Å²) in [5.74, 6) is -0.472. The molecular formula is C13H18FNO3. The second-order valence-corrected chi connectivity index (χ2v) is 4.58. The molecule has 0 saturated carbocycles. The van der Waals surface area contributed by atoms with E-state index in [4.69, 9.17) is 10.5 Å². The van der Waals surface area contributed by atoms with Gasteiger partial charge < -0.3 is 15.2 Å². The quantitative estimate of drug-likeness (QED) is 0.836. The van der Waals surface area contributed by atoms with Gasteiger partial charge in [-0.2, -0.15) is 0 Å². The molecule has 18 heavy (non-hydrogen) atoms. The second kappa shape index (κ2) is 5.35. The molecule has 0 aliphatic rings. The number of carbonyl (C=O) groups is 1. The summed E-state index contributed by atoms with van der Waals surface area (Å²) in [6.45, 7) is 3.23. The first-order valence-corrected chi connectivity index (χ1v) is 5.52. The maximum atomic E-state index is 13.8. The Morgan fingerprint density at radius 1 is 1.39 bits per heavy atom. The van der Waals surface area contributed by atoms with E-state index in [0.29, 0.717) is 5.75 Å². The third-order valence-corrected chi connectivity index (χ3v) is 3.03. The van der Waals surface area contributed by atoms with E-state index >= 15 is 0 Å². The van der Waals surface area contributed by atoms with Crippen molar-refractivity contribution in [1.29, 1.82) is 0 Å². The SMILES string of the molecule is COC(=O)C(C)(C)[C@H](N)c1cc(OC)ccc1F. The minimum Gasteiger partial charge on any atom is -0.497 e. The van der Waals surface area contributed by atoms with Gasteiger partial charge in [0.15, 0.2) is 0 Å². The van der Waals surface area contributed by atoms with Crippen molar-refractivity contribution in [1.82, 2.24) is 0 Å². The van der Waals surface area contributed by atoms with E-state index in [2.05, 4.69) is 4.74 Å². The summed E-state index contributed by atoms with van der Waals surface area (Å²) >= 11 is 0. The topological polar surface area (TPSA) is 61.5 Å². The lowest BCUT2D eigenvalue weighted by Crippen LogP contribution is -2.37. The van der Waals surface area contributed by atoms with Crippen molar-refractivity contribution < 1.29 is 18.7 Å². The number of carbonyl (C=O) groups excluding carboxylic acids is 1. The van der Waals surface area contributed by atoms with Crippen molar-refractivity contribution in [3.8, 4) is 5.75 Å². The molecule has 0 unspecified atom stereocenters. The molecule has 1 atom stereocenters. The first-order chi connectivity index (χ1) is 8.34. The molecule has 0 radical (unpaired) electrons. The number of hydrogen-bond donors (Lipinski definition) is 1. The number of hydrogen-bond acceptors (Lipinski definition) is 4. The van der Waals surface area contributed by atoms with Crippen molar-refractivity contribution in [2.24, 2.45) is 11.1 Å². The van der Waals surface area contributed by atoms with E-state index in [0.717, 1.165) is 0 Å². The fraction of sp³-hybridized carbons (Fsp3) is 0.462. The van der Waals surface area contributed by atoms with Crippen molar-refractivity contribution in [3.63, 3.8) is 0 Å². The Bertz CT molecular complexity index is 446. The number of ether oxygens (including phenoxy) is 2. The van der Waals surface area contributed by atoms with Crippen LogP contribution in [0.25, 0.3) is 0 Å². The zero-order valence-corrected chi connectivity index (χ0v) is 11.0. The number of esters is 1. The van der Waals surface area contributed by atoms with E-state index in [1.165, 1.54) is 32.4 Å². The Kier molecular flexibility index (Phi) is 4.29. The van der Waals surface area contributed by atoms with Crippen LogP contribution in [0.4, 0.5) is 4.39 Å². The van der Waals surface area contributed by atoms with Gasteiger partial charge in [0.2, 0.25) is 0 Å². The average Bonchev–Trinajstić information content (AvgIpc) is 2.37. The molecule has 0 aromatic heterocycles. The second-order valence-electron chi connectivity index (χ2n) is 4.58. The molecule has 0 amide bonds. The molecule has 2 N–H and O–H groups in total. The molecule has 5 heteroatoms. The number of rotatable bonds is 4. The highest BCUT2D eigenvalue weighted by Gasteiger charge is 2.38. The average molecular weight is 255 g/mol. The first-order valence-electron chi connectivity index (χ1n) is 5.52. The van der Waals surface area contributed by atoms with E-state index in [1.807, 2.05) is 0 Å². The van der Waals surface area contributed by atoms with Gasteiger partial charge in [0, 0.05) is 11.6 Å². The van der Waals surface area contributed by atoms with Crippen molar-refractivity contribution in [2.45, 2.75) is 19.9 Å². The standard InChI is InChI=1S/C13H18FNO3/c1-13(2,12(16)18-4)11(15)9-7-8(17-3)5-6-10(9)14/h5-7,11H,15H2,1-4H3/t11-/m1/s1. The Morgan fingerprint density at radius 2 is 2.00 bits per heavy atom. The Hall–Kier alpha value is -1.62. The summed E-state index contributed by atoms with van der Waals surface area (Å²) in [6.07, 6.45) is 0. The van der Waals surface area contributed by atoms with Crippen molar-refractivity contribution in [3.05, 3.63) is 29.6 Å². The molecule has 0 saturated heterocycles. The Labute approximate surface area is 106 Å². The molecule has 0 spiro atoms. The van der Waals surface area contributed by atoms with Gasteiger partial charge in [-0.05, 0) is 32.0 Å². The lowest BCUT2D eigenvalue weighted by molar-refractivity contribution is -0.152. The van der Waals surface area contributed by atoms with Gasteiger partial charge in [0.05, 0.1) is 19.6 Å². The third kappa shape index (κ3) is 2.61. The molecule has 0 aliphatic heterocycles. The van der Waals surface area contributed by atoms with Crippen LogP contribution in [0.3, 0.4) is 0 Å². The summed E-state index contributed by atoms with van der Waals surface area (Å²) in [5, 5.41) is 0. The summed E-state index contributed by atoms with van der Waals surface area (Å²) in [4.78, 5) is 11.7. The maximum absolute atomic E-state index is 13.8.